The zero-order valence-electron chi connectivity index (χ0n) is 11.0. The molecule has 1 aromatic heterocycles. The first-order chi connectivity index (χ1) is 8.09. The molecular formula is C13H22BrN3. The van der Waals surface area contributed by atoms with E-state index in [1.807, 2.05) is 0 Å². The Labute approximate surface area is 112 Å². The molecule has 0 N–H and O–H groups in total. The molecule has 17 heavy (non-hydrogen) atoms. The van der Waals surface area contributed by atoms with Crippen LogP contribution >= 0.6 is 15.9 Å². The average molecular weight is 300 g/mol. The van der Waals surface area contributed by atoms with Crippen LogP contribution in [0.5, 0.6) is 0 Å². The maximum Gasteiger partial charge on any atom is 0.143 e. The first kappa shape index (κ1) is 13.1. The minimum absolute atomic E-state index is 0.288. The lowest BCUT2D eigenvalue weighted by Gasteiger charge is -2.29. The molecule has 1 saturated carbocycles. The van der Waals surface area contributed by atoms with Crippen LogP contribution in [0, 0.1) is 5.92 Å². The Bertz CT molecular complexity index is 378. The first-order valence-corrected chi connectivity index (χ1v) is 7.66. The highest BCUT2D eigenvalue weighted by Crippen LogP contribution is 2.44. The minimum Gasteiger partial charge on any atom is -0.317 e. The Hall–Kier alpha value is -0.380. The van der Waals surface area contributed by atoms with Crippen LogP contribution in [-0.4, -0.2) is 14.8 Å². The smallest absolute Gasteiger partial charge is 0.143 e. The zero-order valence-corrected chi connectivity index (χ0v) is 12.6. The van der Waals surface area contributed by atoms with E-state index in [-0.39, 0.29) is 5.41 Å². The molecule has 0 saturated heterocycles. The van der Waals surface area contributed by atoms with Crippen molar-refractivity contribution in [2.45, 2.75) is 56.7 Å². The van der Waals surface area contributed by atoms with Gasteiger partial charge in [-0.15, -0.1) is 10.2 Å². The van der Waals surface area contributed by atoms with Crippen LogP contribution in [0.4, 0.5) is 0 Å². The monoisotopic (exact) mass is 299 g/mol. The second-order valence-corrected chi connectivity index (χ2v) is 6.28. The fourth-order valence-electron chi connectivity index (χ4n) is 3.29. The molecule has 1 fully saturated rings. The molecule has 4 heteroatoms. The van der Waals surface area contributed by atoms with Gasteiger partial charge in [0.25, 0.3) is 0 Å². The zero-order chi connectivity index (χ0) is 12.5. The molecule has 0 amide bonds. The van der Waals surface area contributed by atoms with Gasteiger partial charge < -0.3 is 4.57 Å². The topological polar surface area (TPSA) is 30.7 Å². The molecule has 1 aromatic rings. The lowest BCUT2D eigenvalue weighted by Crippen LogP contribution is -2.28. The predicted molar refractivity (Wildman–Crippen MR) is 73.2 cm³/mol. The quantitative estimate of drug-likeness (QED) is 0.796. The highest BCUT2D eigenvalue weighted by atomic mass is 79.9. The lowest BCUT2D eigenvalue weighted by atomic mass is 9.77. The summed E-state index contributed by atoms with van der Waals surface area (Å²) < 4.78 is 2.20. The van der Waals surface area contributed by atoms with Gasteiger partial charge in [0.05, 0.1) is 5.33 Å². The summed E-state index contributed by atoms with van der Waals surface area (Å²) in [5.74, 6) is 2.96. The second-order valence-electron chi connectivity index (χ2n) is 5.72. The molecule has 0 aliphatic heterocycles. The number of halogens is 1. The van der Waals surface area contributed by atoms with Crippen molar-refractivity contribution in [2.75, 3.05) is 0 Å². The largest absolute Gasteiger partial charge is 0.317 e. The van der Waals surface area contributed by atoms with Crippen LogP contribution in [0.2, 0.25) is 0 Å². The lowest BCUT2D eigenvalue weighted by molar-refractivity contribution is 0.320. The SMILES string of the molecule is CC(C)CC1(c2nnc(CBr)n2C)CCCC1. The van der Waals surface area contributed by atoms with E-state index in [1.54, 1.807) is 0 Å². The standard InChI is InChI=1S/C13H22BrN3/c1-10(2)8-13(6-4-5-7-13)12-16-15-11(9-14)17(12)3/h10H,4-9H2,1-3H3. The van der Waals surface area contributed by atoms with E-state index in [0.717, 1.165) is 17.1 Å². The van der Waals surface area contributed by atoms with Gasteiger partial charge in [-0.25, -0.2) is 0 Å². The Morgan fingerprint density at radius 1 is 1.29 bits per heavy atom. The van der Waals surface area contributed by atoms with E-state index in [1.165, 1.54) is 37.9 Å². The molecule has 96 valence electrons. The molecule has 0 aromatic carbocycles. The number of hydrogen-bond acceptors (Lipinski definition) is 2. The molecule has 1 aliphatic carbocycles. The normalized spacial score (nSPS) is 19.1. The predicted octanol–water partition coefficient (Wildman–Crippen LogP) is 3.57. The van der Waals surface area contributed by atoms with Gasteiger partial charge in [-0.3, -0.25) is 0 Å². The van der Waals surface area contributed by atoms with Crippen molar-refractivity contribution in [3.8, 4) is 0 Å². The third-order valence-corrected chi connectivity index (χ3v) is 4.42. The van der Waals surface area contributed by atoms with Gasteiger partial charge in [0, 0.05) is 12.5 Å². The van der Waals surface area contributed by atoms with Crippen molar-refractivity contribution in [2.24, 2.45) is 13.0 Å². The van der Waals surface area contributed by atoms with Gasteiger partial charge in [-0.2, -0.15) is 0 Å². The summed E-state index contributed by atoms with van der Waals surface area (Å²) in [6, 6.07) is 0. The Morgan fingerprint density at radius 3 is 2.41 bits per heavy atom. The highest BCUT2D eigenvalue weighted by molar-refractivity contribution is 9.08. The van der Waals surface area contributed by atoms with Crippen LogP contribution in [0.1, 0.15) is 57.6 Å². The molecule has 2 rings (SSSR count). The summed E-state index contributed by atoms with van der Waals surface area (Å²) in [5.41, 5.74) is 0.288. The molecule has 0 unspecified atom stereocenters. The molecule has 0 radical (unpaired) electrons. The van der Waals surface area contributed by atoms with Gasteiger partial charge in [0.15, 0.2) is 0 Å². The number of nitrogens with zero attached hydrogens (tertiary/aromatic N) is 3. The Morgan fingerprint density at radius 2 is 1.94 bits per heavy atom. The van der Waals surface area contributed by atoms with Crippen LogP contribution in [0.15, 0.2) is 0 Å². The van der Waals surface area contributed by atoms with Crippen LogP contribution < -0.4 is 0 Å². The van der Waals surface area contributed by atoms with E-state index in [0.29, 0.717) is 0 Å². The van der Waals surface area contributed by atoms with Gasteiger partial charge in [-0.1, -0.05) is 42.6 Å². The fraction of sp³-hybridized carbons (Fsp3) is 0.846. The second kappa shape index (κ2) is 5.09. The minimum atomic E-state index is 0.288. The maximum atomic E-state index is 4.48. The molecule has 0 atom stereocenters. The van der Waals surface area contributed by atoms with E-state index in [2.05, 4.69) is 51.6 Å². The molecular weight excluding hydrogens is 278 g/mol. The molecule has 0 spiro atoms. The molecule has 1 heterocycles. The van der Waals surface area contributed by atoms with Crippen LogP contribution in [-0.2, 0) is 17.8 Å². The summed E-state index contributed by atoms with van der Waals surface area (Å²) in [7, 11) is 2.10. The van der Waals surface area contributed by atoms with Crippen molar-refractivity contribution in [3.63, 3.8) is 0 Å². The summed E-state index contributed by atoms with van der Waals surface area (Å²) in [5, 5.41) is 9.56. The van der Waals surface area contributed by atoms with Crippen molar-refractivity contribution in [1.29, 1.82) is 0 Å². The molecule has 0 bridgehead atoms. The van der Waals surface area contributed by atoms with Crippen molar-refractivity contribution in [1.82, 2.24) is 14.8 Å². The Balaban J connectivity index is 2.35. The van der Waals surface area contributed by atoms with Gasteiger partial charge in [0.2, 0.25) is 0 Å². The van der Waals surface area contributed by atoms with Crippen molar-refractivity contribution in [3.05, 3.63) is 11.6 Å². The van der Waals surface area contributed by atoms with Crippen LogP contribution in [0.3, 0.4) is 0 Å². The number of hydrogen-bond donors (Lipinski definition) is 0. The average Bonchev–Trinajstić information content (AvgIpc) is 2.85. The number of alkyl halides is 1. The first-order valence-electron chi connectivity index (χ1n) is 6.54. The number of rotatable bonds is 4. The summed E-state index contributed by atoms with van der Waals surface area (Å²) in [6.07, 6.45) is 6.46. The molecule has 1 aliphatic rings. The number of aromatic nitrogens is 3. The summed E-state index contributed by atoms with van der Waals surface area (Å²) >= 11 is 3.48. The Kier molecular flexibility index (Phi) is 3.91. The van der Waals surface area contributed by atoms with Gasteiger partial charge in [0.1, 0.15) is 11.6 Å². The van der Waals surface area contributed by atoms with Gasteiger partial charge >= 0.3 is 0 Å². The highest BCUT2D eigenvalue weighted by Gasteiger charge is 2.40. The van der Waals surface area contributed by atoms with Crippen molar-refractivity contribution >= 4 is 15.9 Å². The van der Waals surface area contributed by atoms with E-state index in [9.17, 15) is 0 Å². The third-order valence-electron chi connectivity index (χ3n) is 3.92. The maximum absolute atomic E-state index is 4.48. The van der Waals surface area contributed by atoms with Gasteiger partial charge in [-0.05, 0) is 25.2 Å². The van der Waals surface area contributed by atoms with E-state index >= 15 is 0 Å². The summed E-state index contributed by atoms with van der Waals surface area (Å²) in [4.78, 5) is 0. The van der Waals surface area contributed by atoms with Crippen LogP contribution in [0.25, 0.3) is 0 Å². The van der Waals surface area contributed by atoms with Crippen molar-refractivity contribution < 1.29 is 0 Å². The fourth-order valence-corrected chi connectivity index (χ4v) is 3.78. The van der Waals surface area contributed by atoms with E-state index in [4.69, 9.17) is 0 Å². The summed E-state index contributed by atoms with van der Waals surface area (Å²) in [6.45, 7) is 4.61. The molecule has 3 nitrogen and oxygen atoms in total. The van der Waals surface area contributed by atoms with E-state index < -0.39 is 0 Å². The third kappa shape index (κ3) is 2.42.